The summed E-state index contributed by atoms with van der Waals surface area (Å²) in [4.78, 5) is 12.2. The van der Waals surface area contributed by atoms with Gasteiger partial charge in [0.15, 0.2) is 5.78 Å². The molecule has 2 fully saturated rings. The summed E-state index contributed by atoms with van der Waals surface area (Å²) >= 11 is 0. The topological polar surface area (TPSA) is 37.3 Å². The number of hydrogen-bond acceptors (Lipinski definition) is 2. The summed E-state index contributed by atoms with van der Waals surface area (Å²) in [6, 6.07) is 0. The van der Waals surface area contributed by atoms with E-state index in [1.54, 1.807) is 11.1 Å². The molecule has 5 aliphatic carbocycles. The molecule has 0 aromatic carbocycles. The molecular weight excluding hydrogens is 284 g/mol. The van der Waals surface area contributed by atoms with Crippen LogP contribution in [0.4, 0.5) is 0 Å². The van der Waals surface area contributed by atoms with Crippen LogP contribution in [0.25, 0.3) is 0 Å². The van der Waals surface area contributed by atoms with Crippen LogP contribution in [0, 0.1) is 22.2 Å². The van der Waals surface area contributed by atoms with Crippen molar-refractivity contribution in [3.63, 3.8) is 0 Å². The standard InChI is InChI=1S/C21H28O2/c1-12-13-4-5-15-14(20(13,3)9-7-17(12)22)6-8-19(2)11-18(23)16-10-21(15,16)19/h16,18,23H,4-11H2,1-3H3/t16?,18-,19+,20+,21+/m1/s1. The lowest BCUT2D eigenvalue weighted by atomic mass is 9.52. The van der Waals surface area contributed by atoms with E-state index in [1.807, 2.05) is 0 Å². The zero-order valence-corrected chi connectivity index (χ0v) is 14.7. The van der Waals surface area contributed by atoms with Crippen LogP contribution in [-0.2, 0) is 4.79 Å². The molecule has 23 heavy (non-hydrogen) atoms. The molecule has 0 amide bonds. The minimum Gasteiger partial charge on any atom is -0.393 e. The van der Waals surface area contributed by atoms with Gasteiger partial charge in [-0.25, -0.2) is 0 Å². The summed E-state index contributed by atoms with van der Waals surface area (Å²) in [6.07, 6.45) is 8.52. The number of aliphatic hydroxyl groups excluding tert-OH is 1. The second-order valence-corrected chi connectivity index (χ2v) is 9.43. The molecule has 0 aromatic heterocycles. The maximum absolute atomic E-state index is 12.2. The fraction of sp³-hybridized carbons (Fsp3) is 0.762. The molecule has 0 radical (unpaired) electrons. The van der Waals surface area contributed by atoms with E-state index in [0.717, 1.165) is 37.7 Å². The maximum Gasteiger partial charge on any atom is 0.158 e. The fourth-order valence-corrected chi connectivity index (χ4v) is 7.40. The molecule has 0 saturated heterocycles. The highest BCUT2D eigenvalue weighted by molar-refractivity contribution is 5.97. The van der Waals surface area contributed by atoms with Gasteiger partial charge in [-0.1, -0.05) is 30.6 Å². The number of carbonyl (C=O) groups is 1. The Balaban J connectivity index is 1.69. The molecular formula is C21H28O2. The predicted molar refractivity (Wildman–Crippen MR) is 89.8 cm³/mol. The second kappa shape index (κ2) is 4.02. The van der Waals surface area contributed by atoms with Gasteiger partial charge in [-0.05, 0) is 68.8 Å². The summed E-state index contributed by atoms with van der Waals surface area (Å²) in [5, 5.41) is 10.5. The monoisotopic (exact) mass is 312 g/mol. The molecule has 2 heteroatoms. The van der Waals surface area contributed by atoms with Crippen molar-refractivity contribution in [3.05, 3.63) is 22.3 Å². The van der Waals surface area contributed by atoms with Crippen LogP contribution in [0.2, 0.25) is 0 Å². The smallest absolute Gasteiger partial charge is 0.158 e. The van der Waals surface area contributed by atoms with E-state index in [1.165, 1.54) is 24.8 Å². The molecule has 1 spiro atoms. The summed E-state index contributed by atoms with van der Waals surface area (Å²) in [6.45, 7) is 6.91. The number of Topliss-reactive ketones (excluding diaryl/α,β-unsaturated/α-hetero) is 1. The number of fused-ring (bicyclic) bond motifs is 2. The Morgan fingerprint density at radius 1 is 0.957 bits per heavy atom. The Labute approximate surface area is 139 Å². The minimum absolute atomic E-state index is 0.0775. The van der Waals surface area contributed by atoms with Gasteiger partial charge in [0.05, 0.1) is 6.10 Å². The molecule has 0 bridgehead atoms. The van der Waals surface area contributed by atoms with E-state index in [4.69, 9.17) is 0 Å². The largest absolute Gasteiger partial charge is 0.393 e. The Morgan fingerprint density at radius 2 is 1.70 bits per heavy atom. The predicted octanol–water partition coefficient (Wildman–Crippen LogP) is 4.33. The highest BCUT2D eigenvalue weighted by atomic mass is 16.3. The summed E-state index contributed by atoms with van der Waals surface area (Å²) < 4.78 is 0. The van der Waals surface area contributed by atoms with E-state index in [0.29, 0.717) is 22.5 Å². The van der Waals surface area contributed by atoms with Crippen LogP contribution in [-0.4, -0.2) is 17.0 Å². The van der Waals surface area contributed by atoms with Gasteiger partial charge < -0.3 is 5.11 Å². The van der Waals surface area contributed by atoms with E-state index < -0.39 is 0 Å². The van der Waals surface area contributed by atoms with E-state index in [-0.39, 0.29) is 11.5 Å². The number of rotatable bonds is 0. The van der Waals surface area contributed by atoms with E-state index in [9.17, 15) is 9.90 Å². The summed E-state index contributed by atoms with van der Waals surface area (Å²) in [5.41, 5.74) is 6.71. The number of hydrogen-bond donors (Lipinski definition) is 1. The molecule has 2 nitrogen and oxygen atoms in total. The van der Waals surface area contributed by atoms with E-state index in [2.05, 4.69) is 20.8 Å². The van der Waals surface area contributed by atoms with Crippen LogP contribution in [0.5, 0.6) is 0 Å². The van der Waals surface area contributed by atoms with Crippen LogP contribution in [0.15, 0.2) is 22.3 Å². The van der Waals surface area contributed by atoms with Gasteiger partial charge in [-0.3, -0.25) is 4.79 Å². The molecule has 0 aromatic rings. The lowest BCUT2D eigenvalue weighted by Gasteiger charge is -2.52. The zero-order valence-electron chi connectivity index (χ0n) is 14.7. The van der Waals surface area contributed by atoms with Gasteiger partial charge in [0.25, 0.3) is 0 Å². The SMILES string of the molecule is CC1=C2CCC3=C(CC[C@@]4(C)C[C@@H](O)C5C[C@]354)[C@@]2(C)CCC1=O. The minimum atomic E-state index is -0.0775. The third kappa shape index (κ3) is 1.44. The molecule has 5 rings (SSSR count). The summed E-state index contributed by atoms with van der Waals surface area (Å²) in [7, 11) is 0. The first-order valence-corrected chi connectivity index (χ1v) is 9.48. The normalized spacial score (nSPS) is 51.2. The quantitative estimate of drug-likeness (QED) is 0.676. The van der Waals surface area contributed by atoms with E-state index >= 15 is 0 Å². The Hall–Kier alpha value is -0.890. The van der Waals surface area contributed by atoms with Gasteiger partial charge in [0.2, 0.25) is 0 Å². The molecule has 5 aliphatic rings. The molecule has 2 saturated carbocycles. The lowest BCUT2D eigenvalue weighted by Crippen LogP contribution is -2.41. The number of aliphatic hydroxyl groups is 1. The van der Waals surface area contributed by atoms with Crippen molar-refractivity contribution < 1.29 is 9.90 Å². The first-order chi connectivity index (χ1) is 10.8. The van der Waals surface area contributed by atoms with Crippen LogP contribution >= 0.6 is 0 Å². The van der Waals surface area contributed by atoms with Gasteiger partial charge in [0, 0.05) is 17.3 Å². The third-order valence-corrected chi connectivity index (χ3v) is 8.73. The van der Waals surface area contributed by atoms with Crippen LogP contribution in [0.1, 0.15) is 72.1 Å². The molecule has 0 aliphatic heterocycles. The van der Waals surface area contributed by atoms with Crippen molar-refractivity contribution >= 4 is 5.78 Å². The van der Waals surface area contributed by atoms with Crippen LogP contribution in [0.3, 0.4) is 0 Å². The Kier molecular flexibility index (Phi) is 2.52. The number of carbonyl (C=O) groups excluding carboxylic acids is 1. The average molecular weight is 312 g/mol. The number of allylic oxidation sites excluding steroid dienone is 4. The van der Waals surface area contributed by atoms with Crippen LogP contribution < -0.4 is 0 Å². The number of ketones is 1. The van der Waals surface area contributed by atoms with Gasteiger partial charge >= 0.3 is 0 Å². The van der Waals surface area contributed by atoms with Crippen molar-refractivity contribution in [2.75, 3.05) is 0 Å². The maximum atomic E-state index is 12.2. The molecule has 5 atom stereocenters. The Morgan fingerprint density at radius 3 is 2.43 bits per heavy atom. The molecule has 0 heterocycles. The highest BCUT2D eigenvalue weighted by Gasteiger charge is 2.75. The van der Waals surface area contributed by atoms with Gasteiger partial charge in [-0.15, -0.1) is 0 Å². The first-order valence-electron chi connectivity index (χ1n) is 9.48. The van der Waals surface area contributed by atoms with Gasteiger partial charge in [0.1, 0.15) is 0 Å². The molecule has 124 valence electrons. The highest BCUT2D eigenvalue weighted by Crippen LogP contribution is 2.81. The summed E-state index contributed by atoms with van der Waals surface area (Å²) in [5.74, 6) is 0.902. The second-order valence-electron chi connectivity index (χ2n) is 9.43. The molecule has 1 unspecified atom stereocenters. The molecule has 1 N–H and O–H groups in total. The van der Waals surface area contributed by atoms with Crippen molar-refractivity contribution in [2.24, 2.45) is 22.2 Å². The zero-order chi connectivity index (χ0) is 16.2. The average Bonchev–Trinajstić information content (AvgIpc) is 3.20. The third-order valence-electron chi connectivity index (χ3n) is 8.73. The van der Waals surface area contributed by atoms with Crippen molar-refractivity contribution in [3.8, 4) is 0 Å². The van der Waals surface area contributed by atoms with Gasteiger partial charge in [-0.2, -0.15) is 0 Å². The van der Waals surface area contributed by atoms with Crippen molar-refractivity contribution in [1.82, 2.24) is 0 Å². The fourth-order valence-electron chi connectivity index (χ4n) is 7.40. The Bertz CT molecular complexity index is 699. The van der Waals surface area contributed by atoms with Crippen molar-refractivity contribution in [1.29, 1.82) is 0 Å². The lowest BCUT2D eigenvalue weighted by molar-refractivity contribution is -0.116. The van der Waals surface area contributed by atoms with Crippen molar-refractivity contribution in [2.45, 2.75) is 78.2 Å². The first kappa shape index (κ1) is 14.5.